The van der Waals surface area contributed by atoms with Crippen molar-refractivity contribution < 1.29 is 4.79 Å². The Balaban J connectivity index is 0. The predicted molar refractivity (Wildman–Crippen MR) is 105 cm³/mol. The van der Waals surface area contributed by atoms with Crippen molar-refractivity contribution in [2.75, 3.05) is 33.4 Å². The third-order valence-electron chi connectivity index (χ3n) is 2.69. The molecule has 0 aromatic rings. The van der Waals surface area contributed by atoms with E-state index in [4.69, 9.17) is 0 Å². The molecular weight excluding hydrogens is 399 g/mol. The first-order chi connectivity index (χ1) is 9.00. The Kier molecular flexibility index (Phi) is 10.7. The number of hydrogen-bond donors (Lipinski definition) is 2. The molecule has 5 nitrogen and oxygen atoms in total. The van der Waals surface area contributed by atoms with Crippen LogP contribution in [-0.4, -0.2) is 60.5 Å². The Morgan fingerprint density at radius 2 is 1.76 bits per heavy atom. The molecule has 0 aliphatic carbocycles. The maximum absolute atomic E-state index is 11.9. The van der Waals surface area contributed by atoms with Gasteiger partial charge in [0.1, 0.15) is 0 Å². The summed E-state index contributed by atoms with van der Waals surface area (Å²) in [6.45, 7) is 11.3. The summed E-state index contributed by atoms with van der Waals surface area (Å²) in [7, 11) is 3.59. The van der Waals surface area contributed by atoms with Crippen molar-refractivity contribution in [3.63, 3.8) is 0 Å². The van der Waals surface area contributed by atoms with Crippen molar-refractivity contribution in [3.8, 4) is 0 Å². The van der Waals surface area contributed by atoms with Crippen LogP contribution >= 0.6 is 35.7 Å². The van der Waals surface area contributed by atoms with Gasteiger partial charge in [-0.3, -0.25) is 9.79 Å². The second-order valence-electron chi connectivity index (χ2n) is 6.52. The number of amides is 1. The number of rotatable bonds is 5. The average Bonchev–Trinajstić information content (AvgIpc) is 2.26. The van der Waals surface area contributed by atoms with E-state index < -0.39 is 0 Å². The summed E-state index contributed by atoms with van der Waals surface area (Å²) >= 11 is 1.80. The van der Waals surface area contributed by atoms with E-state index >= 15 is 0 Å². The van der Waals surface area contributed by atoms with Crippen molar-refractivity contribution >= 4 is 47.6 Å². The van der Waals surface area contributed by atoms with E-state index in [-0.39, 0.29) is 46.7 Å². The first-order valence-corrected chi connectivity index (χ1v) is 8.01. The molecule has 0 heterocycles. The smallest absolute Gasteiger partial charge is 0.240 e. The van der Waals surface area contributed by atoms with Crippen LogP contribution < -0.4 is 10.6 Å². The van der Waals surface area contributed by atoms with Gasteiger partial charge >= 0.3 is 0 Å². The number of hydrogen-bond acceptors (Lipinski definition) is 3. The lowest BCUT2D eigenvalue weighted by Gasteiger charge is -2.28. The largest absolute Gasteiger partial charge is 0.355 e. The Morgan fingerprint density at radius 1 is 1.24 bits per heavy atom. The third-order valence-corrected chi connectivity index (χ3v) is 3.94. The van der Waals surface area contributed by atoms with Crippen LogP contribution in [0.3, 0.4) is 0 Å². The number of guanidine groups is 1. The van der Waals surface area contributed by atoms with Crippen molar-refractivity contribution in [2.24, 2.45) is 4.99 Å². The van der Waals surface area contributed by atoms with Crippen molar-refractivity contribution in [3.05, 3.63) is 0 Å². The fraction of sp³-hybridized carbons (Fsp3) is 0.857. The minimum absolute atomic E-state index is 0. The highest BCUT2D eigenvalue weighted by Gasteiger charge is 2.19. The average molecular weight is 430 g/mol. The van der Waals surface area contributed by atoms with Crippen LogP contribution in [-0.2, 0) is 4.79 Å². The van der Waals surface area contributed by atoms with Gasteiger partial charge in [0, 0.05) is 30.9 Å². The highest BCUT2D eigenvalue weighted by molar-refractivity contribution is 14.0. The Labute approximate surface area is 151 Å². The number of thioether (sulfide) groups is 1. The zero-order chi connectivity index (χ0) is 16.0. The maximum Gasteiger partial charge on any atom is 0.240 e. The molecule has 1 amide bonds. The SMILES string of the molecule is CN=C(NCC(C)(C)SC)N(C)CC(=O)NC(C)(C)C.I. The highest BCUT2D eigenvalue weighted by atomic mass is 127. The molecule has 0 saturated carbocycles. The Hall–Kier alpha value is -0.180. The molecule has 0 saturated heterocycles. The van der Waals surface area contributed by atoms with Gasteiger partial charge in [-0.05, 0) is 40.9 Å². The molecular formula is C14H31IN4OS. The lowest BCUT2D eigenvalue weighted by atomic mass is 10.1. The van der Waals surface area contributed by atoms with Gasteiger partial charge in [-0.15, -0.1) is 24.0 Å². The fourth-order valence-corrected chi connectivity index (χ4v) is 1.71. The van der Waals surface area contributed by atoms with Gasteiger partial charge in [0.25, 0.3) is 0 Å². The minimum Gasteiger partial charge on any atom is -0.355 e. The highest BCUT2D eigenvalue weighted by Crippen LogP contribution is 2.19. The zero-order valence-electron chi connectivity index (χ0n) is 14.5. The van der Waals surface area contributed by atoms with E-state index in [0.29, 0.717) is 0 Å². The number of halogens is 1. The van der Waals surface area contributed by atoms with E-state index in [9.17, 15) is 4.79 Å². The topological polar surface area (TPSA) is 56.7 Å². The van der Waals surface area contributed by atoms with Crippen LogP contribution in [0.4, 0.5) is 0 Å². The summed E-state index contributed by atoms with van der Waals surface area (Å²) in [6, 6.07) is 0. The first-order valence-electron chi connectivity index (χ1n) is 6.79. The molecule has 0 bridgehead atoms. The van der Waals surface area contributed by atoms with Crippen molar-refractivity contribution in [1.82, 2.24) is 15.5 Å². The van der Waals surface area contributed by atoms with Gasteiger partial charge < -0.3 is 15.5 Å². The van der Waals surface area contributed by atoms with E-state index in [1.165, 1.54) is 0 Å². The van der Waals surface area contributed by atoms with Gasteiger partial charge in [0.2, 0.25) is 5.91 Å². The fourth-order valence-electron chi connectivity index (χ4n) is 1.50. The van der Waals surface area contributed by atoms with E-state index in [1.807, 2.05) is 32.7 Å². The normalized spacial score (nSPS) is 12.5. The van der Waals surface area contributed by atoms with Gasteiger partial charge in [-0.25, -0.2) is 0 Å². The molecule has 0 rings (SSSR count). The molecule has 2 N–H and O–H groups in total. The second-order valence-corrected chi connectivity index (χ2v) is 8.03. The summed E-state index contributed by atoms with van der Waals surface area (Å²) < 4.78 is 0.129. The molecule has 7 heteroatoms. The number of carbonyl (C=O) groups is 1. The first kappa shape index (κ1) is 23.1. The van der Waals surface area contributed by atoms with Gasteiger partial charge in [-0.2, -0.15) is 11.8 Å². The molecule has 0 atom stereocenters. The number of nitrogens with one attached hydrogen (secondary N) is 2. The summed E-state index contributed by atoms with van der Waals surface area (Å²) in [4.78, 5) is 18.0. The molecule has 0 radical (unpaired) electrons. The van der Waals surface area contributed by atoms with Crippen LogP contribution in [0.25, 0.3) is 0 Å². The molecule has 0 aromatic heterocycles. The maximum atomic E-state index is 11.9. The second kappa shape index (κ2) is 9.76. The molecule has 0 aliphatic heterocycles. The third kappa shape index (κ3) is 11.1. The predicted octanol–water partition coefficient (Wildman–Crippen LogP) is 2.17. The van der Waals surface area contributed by atoms with E-state index in [2.05, 4.69) is 35.7 Å². The zero-order valence-corrected chi connectivity index (χ0v) is 17.7. The quantitative estimate of drug-likeness (QED) is 0.399. The van der Waals surface area contributed by atoms with E-state index in [1.54, 1.807) is 18.8 Å². The number of nitrogens with zero attached hydrogens (tertiary/aromatic N) is 2. The summed E-state index contributed by atoms with van der Waals surface area (Å²) in [5.41, 5.74) is -0.213. The molecule has 0 unspecified atom stereocenters. The van der Waals surface area contributed by atoms with Crippen LogP contribution in [0.5, 0.6) is 0 Å². The number of aliphatic imine (C=N–C) groups is 1. The summed E-state index contributed by atoms with van der Waals surface area (Å²) in [5.74, 6) is 0.725. The van der Waals surface area contributed by atoms with Crippen LogP contribution in [0.1, 0.15) is 34.6 Å². The molecule has 0 fully saturated rings. The lowest BCUT2D eigenvalue weighted by molar-refractivity contribution is -0.122. The van der Waals surface area contributed by atoms with Gasteiger partial charge in [-0.1, -0.05) is 0 Å². The molecule has 21 heavy (non-hydrogen) atoms. The minimum atomic E-state index is -0.213. The Morgan fingerprint density at radius 3 is 2.14 bits per heavy atom. The van der Waals surface area contributed by atoms with Gasteiger partial charge in [0.05, 0.1) is 6.54 Å². The number of likely N-dealkylation sites (N-methyl/N-ethyl adjacent to an activating group) is 1. The lowest BCUT2D eigenvalue weighted by Crippen LogP contribution is -2.50. The summed E-state index contributed by atoms with van der Waals surface area (Å²) in [5, 5.41) is 6.25. The molecule has 0 aliphatic rings. The molecule has 0 spiro atoms. The molecule has 126 valence electrons. The summed E-state index contributed by atoms with van der Waals surface area (Å²) in [6.07, 6.45) is 2.09. The van der Waals surface area contributed by atoms with Crippen LogP contribution in [0.2, 0.25) is 0 Å². The van der Waals surface area contributed by atoms with Crippen molar-refractivity contribution in [1.29, 1.82) is 0 Å². The monoisotopic (exact) mass is 430 g/mol. The standard InChI is InChI=1S/C14H30N4OS.HI/c1-13(2,3)17-11(19)9-18(7)12(15-6)16-10-14(4,5)20-8;/h9-10H2,1-8H3,(H,15,16)(H,17,19);1H. The Bertz CT molecular complexity index is 353. The number of carbonyl (C=O) groups excluding carboxylic acids is 1. The van der Waals surface area contributed by atoms with Gasteiger partial charge in [0.15, 0.2) is 5.96 Å². The molecule has 0 aromatic carbocycles. The van der Waals surface area contributed by atoms with Crippen LogP contribution in [0.15, 0.2) is 4.99 Å². The van der Waals surface area contributed by atoms with Crippen LogP contribution in [0, 0.1) is 0 Å². The van der Waals surface area contributed by atoms with Crippen molar-refractivity contribution in [2.45, 2.75) is 44.9 Å². The van der Waals surface area contributed by atoms with E-state index in [0.717, 1.165) is 12.5 Å².